The normalized spacial score (nSPS) is 11.3. The van der Waals surface area contributed by atoms with Gasteiger partial charge in [-0.2, -0.15) is 0 Å². The number of hydrogen-bond acceptors (Lipinski definition) is 7. The molecule has 3 aromatic heterocycles. The lowest BCUT2D eigenvalue weighted by Crippen LogP contribution is -2.00. The Morgan fingerprint density at radius 3 is 1.61 bits per heavy atom. The molecule has 0 saturated heterocycles. The highest BCUT2D eigenvalue weighted by Gasteiger charge is 2.18. The van der Waals surface area contributed by atoms with E-state index in [1.165, 1.54) is 0 Å². The first-order valence-corrected chi connectivity index (χ1v) is 19.1. The van der Waals surface area contributed by atoms with E-state index in [0.29, 0.717) is 23.3 Å². The van der Waals surface area contributed by atoms with Gasteiger partial charge < -0.3 is 4.42 Å². The maximum absolute atomic E-state index is 6.51. The average molecular weight is 738 g/mol. The zero-order chi connectivity index (χ0) is 37.3. The van der Waals surface area contributed by atoms with E-state index in [9.17, 15) is 0 Å². The monoisotopic (exact) mass is 737 g/mol. The summed E-state index contributed by atoms with van der Waals surface area (Å²) in [6, 6.07) is 61.6. The molecule has 7 heteroatoms. The number of fused-ring (bicyclic) bond motifs is 3. The molecule has 0 aliphatic heterocycles. The Morgan fingerprint density at radius 1 is 0.357 bits per heavy atom. The molecule has 0 amide bonds. The number of benzene rings is 7. The van der Waals surface area contributed by atoms with Crippen LogP contribution < -0.4 is 0 Å². The molecule has 10 aromatic rings. The first-order valence-electron chi connectivity index (χ1n) is 18.3. The summed E-state index contributed by atoms with van der Waals surface area (Å²) in [5.74, 6) is 2.45. The van der Waals surface area contributed by atoms with Crippen LogP contribution in [0.2, 0.25) is 0 Å². The van der Waals surface area contributed by atoms with Gasteiger partial charge in [-0.25, -0.2) is 24.9 Å². The maximum atomic E-state index is 6.51. The second-order valence-corrected chi connectivity index (χ2v) is 14.4. The van der Waals surface area contributed by atoms with Crippen LogP contribution in [0.25, 0.3) is 89.9 Å². The second-order valence-electron chi connectivity index (χ2n) is 13.3. The molecule has 0 aliphatic rings. The van der Waals surface area contributed by atoms with Gasteiger partial charge >= 0.3 is 0 Å². The molecule has 0 aliphatic carbocycles. The number of furan rings is 1. The van der Waals surface area contributed by atoms with Gasteiger partial charge in [-0.05, 0) is 59.7 Å². The van der Waals surface area contributed by atoms with Crippen LogP contribution in [0.15, 0.2) is 202 Å². The molecule has 0 N–H and O–H groups in total. The smallest absolute Gasteiger partial charge is 0.164 e. The topological polar surface area (TPSA) is 77.6 Å². The quantitative estimate of drug-likeness (QED) is 0.154. The van der Waals surface area contributed by atoms with Crippen LogP contribution >= 0.6 is 11.8 Å². The zero-order valence-electron chi connectivity index (χ0n) is 30.0. The summed E-state index contributed by atoms with van der Waals surface area (Å²) >= 11 is 1.65. The van der Waals surface area contributed by atoms with Crippen LogP contribution in [0.3, 0.4) is 0 Å². The van der Waals surface area contributed by atoms with Crippen molar-refractivity contribution in [1.82, 2.24) is 24.9 Å². The largest absolute Gasteiger partial charge is 0.456 e. The molecule has 0 fully saturated rings. The molecule has 264 valence electrons. The fraction of sp³-hybridized carbons (Fsp3) is 0. The van der Waals surface area contributed by atoms with E-state index < -0.39 is 0 Å². The summed E-state index contributed by atoms with van der Waals surface area (Å²) in [7, 11) is 0. The molecule has 0 bridgehead atoms. The first kappa shape index (κ1) is 33.4. The summed E-state index contributed by atoms with van der Waals surface area (Å²) < 4.78 is 6.51. The van der Waals surface area contributed by atoms with Gasteiger partial charge in [-0.15, -0.1) is 0 Å². The van der Waals surface area contributed by atoms with E-state index in [4.69, 9.17) is 29.3 Å². The van der Waals surface area contributed by atoms with E-state index in [2.05, 4.69) is 60.7 Å². The lowest BCUT2D eigenvalue weighted by Gasteiger charge is -2.11. The first-order chi connectivity index (χ1) is 27.7. The summed E-state index contributed by atoms with van der Waals surface area (Å²) in [6.07, 6.45) is 1.93. The minimum absolute atomic E-state index is 0.569. The highest BCUT2D eigenvalue weighted by molar-refractivity contribution is 7.99. The fourth-order valence-electron chi connectivity index (χ4n) is 6.88. The Hall–Kier alpha value is -7.22. The van der Waals surface area contributed by atoms with E-state index >= 15 is 0 Å². The lowest BCUT2D eigenvalue weighted by molar-refractivity contribution is 0.669. The second kappa shape index (κ2) is 14.5. The number of nitrogens with zero attached hydrogens (tertiary/aromatic N) is 5. The molecule has 0 unspecified atom stereocenters. The standard InChI is InChI=1S/C49H31N5OS/c1-5-14-32(15-6-1)35-20-13-21-37(28-35)48-52-47(34-18-9-3-10-19-34)53-49(54-48)38-24-26-40-41-29-36(25-27-42(41)55-43(40)30-38)45-44(56-39-22-11-4-12-23-39)31-50-46(51-45)33-16-7-2-8-17-33/h1-31H. The predicted octanol–water partition coefficient (Wildman–Crippen LogP) is 12.7. The van der Waals surface area contributed by atoms with Crippen molar-refractivity contribution >= 4 is 33.7 Å². The van der Waals surface area contributed by atoms with Crippen LogP contribution in [0.1, 0.15) is 0 Å². The summed E-state index contributed by atoms with van der Waals surface area (Å²) in [5.41, 5.74) is 9.23. The van der Waals surface area contributed by atoms with Gasteiger partial charge in [0, 0.05) is 49.7 Å². The van der Waals surface area contributed by atoms with E-state index in [1.54, 1.807) is 11.8 Å². The van der Waals surface area contributed by atoms with Gasteiger partial charge in [0.05, 0.1) is 10.6 Å². The van der Waals surface area contributed by atoms with Crippen molar-refractivity contribution in [2.45, 2.75) is 9.79 Å². The third-order valence-corrected chi connectivity index (χ3v) is 10.7. The van der Waals surface area contributed by atoms with Crippen molar-refractivity contribution in [3.05, 3.63) is 188 Å². The molecule has 0 spiro atoms. The molecule has 10 rings (SSSR count). The molecule has 7 aromatic carbocycles. The molecule has 56 heavy (non-hydrogen) atoms. The van der Waals surface area contributed by atoms with Gasteiger partial charge in [0.2, 0.25) is 0 Å². The third kappa shape index (κ3) is 6.61. The van der Waals surface area contributed by atoms with Gasteiger partial charge in [-0.3, -0.25) is 0 Å². The molecule has 3 heterocycles. The van der Waals surface area contributed by atoms with Crippen molar-refractivity contribution in [3.8, 4) is 67.9 Å². The Bertz CT molecular complexity index is 2990. The van der Waals surface area contributed by atoms with Crippen molar-refractivity contribution < 1.29 is 4.42 Å². The molecular formula is C49H31N5OS. The van der Waals surface area contributed by atoms with Crippen molar-refractivity contribution in [1.29, 1.82) is 0 Å². The van der Waals surface area contributed by atoms with Gasteiger partial charge in [0.1, 0.15) is 11.2 Å². The van der Waals surface area contributed by atoms with Gasteiger partial charge in [0.15, 0.2) is 23.3 Å². The maximum Gasteiger partial charge on any atom is 0.164 e. The van der Waals surface area contributed by atoms with Crippen LogP contribution in [0.5, 0.6) is 0 Å². The van der Waals surface area contributed by atoms with Crippen LogP contribution in [-0.2, 0) is 0 Å². The van der Waals surface area contributed by atoms with Crippen molar-refractivity contribution in [2.75, 3.05) is 0 Å². The summed E-state index contributed by atoms with van der Waals surface area (Å²) in [5, 5.41) is 1.99. The highest BCUT2D eigenvalue weighted by Crippen LogP contribution is 2.39. The van der Waals surface area contributed by atoms with Gasteiger partial charge in [0.25, 0.3) is 0 Å². The van der Waals surface area contributed by atoms with Crippen molar-refractivity contribution in [3.63, 3.8) is 0 Å². The average Bonchev–Trinajstić information content (AvgIpc) is 3.65. The van der Waals surface area contributed by atoms with Crippen LogP contribution in [0.4, 0.5) is 0 Å². The van der Waals surface area contributed by atoms with E-state index in [1.807, 2.05) is 128 Å². The number of hydrogen-bond donors (Lipinski definition) is 0. The third-order valence-electron chi connectivity index (χ3n) is 9.66. The van der Waals surface area contributed by atoms with E-state index in [-0.39, 0.29) is 0 Å². The Labute approximate surface area is 327 Å². The fourth-order valence-corrected chi connectivity index (χ4v) is 7.79. The minimum Gasteiger partial charge on any atom is -0.456 e. The highest BCUT2D eigenvalue weighted by atomic mass is 32.2. The molecule has 0 saturated carbocycles. The Balaban J connectivity index is 1.07. The SMILES string of the molecule is c1ccc(Sc2cnc(-c3ccccc3)nc2-c2ccc3oc4cc(-c5nc(-c6ccccc6)nc(-c6cccc(-c7ccccc7)c6)n5)ccc4c3c2)cc1. The molecule has 0 radical (unpaired) electrons. The summed E-state index contributed by atoms with van der Waals surface area (Å²) in [6.45, 7) is 0. The van der Waals surface area contributed by atoms with Gasteiger partial charge in [-0.1, -0.05) is 145 Å². The van der Waals surface area contributed by atoms with Crippen LogP contribution in [0, 0.1) is 0 Å². The van der Waals surface area contributed by atoms with E-state index in [0.717, 1.165) is 76.4 Å². The number of rotatable bonds is 8. The molecule has 6 nitrogen and oxygen atoms in total. The zero-order valence-corrected chi connectivity index (χ0v) is 30.8. The summed E-state index contributed by atoms with van der Waals surface area (Å²) in [4.78, 5) is 27.0. The van der Waals surface area contributed by atoms with Crippen LogP contribution in [-0.4, -0.2) is 24.9 Å². The predicted molar refractivity (Wildman–Crippen MR) is 226 cm³/mol. The molecule has 0 atom stereocenters. The molecular weight excluding hydrogens is 707 g/mol. The lowest BCUT2D eigenvalue weighted by atomic mass is 10.0. The Kier molecular flexibility index (Phi) is 8.67. The number of aromatic nitrogens is 5. The van der Waals surface area contributed by atoms with Crippen molar-refractivity contribution in [2.24, 2.45) is 0 Å². The Morgan fingerprint density at radius 2 is 0.911 bits per heavy atom. The minimum atomic E-state index is 0.569.